The predicted molar refractivity (Wildman–Crippen MR) is 88.8 cm³/mol. The summed E-state index contributed by atoms with van der Waals surface area (Å²) in [6, 6.07) is 6.88. The van der Waals surface area contributed by atoms with Gasteiger partial charge in [-0.3, -0.25) is 14.4 Å². The largest absolute Gasteiger partial charge is 0.356 e. The maximum absolute atomic E-state index is 12.1. The molecular formula is C17H23N3O3. The second kappa shape index (κ2) is 7.26. The number of hydrogen-bond acceptors (Lipinski definition) is 3. The molecule has 0 heterocycles. The maximum Gasteiger partial charge on any atom is 0.228 e. The molecule has 0 spiro atoms. The van der Waals surface area contributed by atoms with E-state index in [1.807, 2.05) is 13.8 Å². The Kier molecular flexibility index (Phi) is 5.36. The van der Waals surface area contributed by atoms with E-state index in [4.69, 9.17) is 0 Å². The van der Waals surface area contributed by atoms with Crippen LogP contribution in [0.2, 0.25) is 0 Å². The van der Waals surface area contributed by atoms with Gasteiger partial charge in [0, 0.05) is 24.8 Å². The molecule has 1 aliphatic carbocycles. The van der Waals surface area contributed by atoms with Gasteiger partial charge >= 0.3 is 0 Å². The van der Waals surface area contributed by atoms with Crippen molar-refractivity contribution in [2.24, 2.45) is 17.8 Å². The van der Waals surface area contributed by atoms with Crippen LogP contribution in [-0.4, -0.2) is 24.3 Å². The molecule has 2 atom stereocenters. The number of carbonyl (C=O) groups excluding carboxylic acids is 3. The molecule has 2 rings (SSSR count). The number of carbonyl (C=O) groups is 3. The van der Waals surface area contributed by atoms with Gasteiger partial charge in [-0.2, -0.15) is 0 Å². The van der Waals surface area contributed by atoms with E-state index in [1.165, 1.54) is 6.92 Å². The molecule has 0 radical (unpaired) electrons. The van der Waals surface area contributed by atoms with E-state index in [0.717, 1.165) is 0 Å². The van der Waals surface area contributed by atoms with Crippen molar-refractivity contribution in [2.75, 3.05) is 17.2 Å². The van der Waals surface area contributed by atoms with Crippen LogP contribution < -0.4 is 16.0 Å². The summed E-state index contributed by atoms with van der Waals surface area (Å²) in [7, 11) is 0. The van der Waals surface area contributed by atoms with Crippen LogP contribution in [0.5, 0.6) is 0 Å². The van der Waals surface area contributed by atoms with Gasteiger partial charge in [-0.15, -0.1) is 0 Å². The molecule has 1 aromatic carbocycles. The van der Waals surface area contributed by atoms with Crippen LogP contribution in [0.3, 0.4) is 0 Å². The van der Waals surface area contributed by atoms with Gasteiger partial charge in [0.2, 0.25) is 17.7 Å². The second-order valence-electron chi connectivity index (χ2n) is 6.34. The molecule has 1 saturated carbocycles. The minimum atomic E-state index is -0.253. The number of benzene rings is 1. The van der Waals surface area contributed by atoms with Gasteiger partial charge in [0.15, 0.2) is 0 Å². The van der Waals surface area contributed by atoms with Gasteiger partial charge in [0.1, 0.15) is 0 Å². The summed E-state index contributed by atoms with van der Waals surface area (Å²) >= 11 is 0. The minimum Gasteiger partial charge on any atom is -0.356 e. The molecule has 1 aromatic rings. The lowest BCUT2D eigenvalue weighted by Gasteiger charge is -2.08. The van der Waals surface area contributed by atoms with Crippen molar-refractivity contribution in [3.05, 3.63) is 24.3 Å². The highest BCUT2D eigenvalue weighted by Gasteiger charge is 2.47. The molecule has 23 heavy (non-hydrogen) atoms. The minimum absolute atomic E-state index is 0.0418. The van der Waals surface area contributed by atoms with E-state index >= 15 is 0 Å². The van der Waals surface area contributed by atoms with Crippen molar-refractivity contribution in [1.29, 1.82) is 0 Å². The Morgan fingerprint density at radius 3 is 2.04 bits per heavy atom. The fraction of sp³-hybridized carbons (Fsp3) is 0.471. The Hall–Kier alpha value is -2.37. The first-order valence-corrected chi connectivity index (χ1v) is 7.83. The first-order valence-electron chi connectivity index (χ1n) is 7.83. The maximum atomic E-state index is 12.1. The zero-order chi connectivity index (χ0) is 17.0. The smallest absolute Gasteiger partial charge is 0.228 e. The quantitative estimate of drug-likeness (QED) is 0.750. The number of hydrogen-bond donors (Lipinski definition) is 3. The average molecular weight is 317 g/mol. The van der Waals surface area contributed by atoms with Crippen molar-refractivity contribution in [3.8, 4) is 0 Å². The lowest BCUT2D eigenvalue weighted by atomic mass is 10.2. The lowest BCUT2D eigenvalue weighted by molar-refractivity contribution is -0.125. The molecule has 6 nitrogen and oxygen atoms in total. The summed E-state index contributed by atoms with van der Waals surface area (Å²) in [5.41, 5.74) is 1.32. The molecule has 1 aliphatic rings. The summed E-state index contributed by atoms with van der Waals surface area (Å²) < 4.78 is 0. The Balaban J connectivity index is 1.81. The third-order valence-corrected chi connectivity index (χ3v) is 3.62. The fourth-order valence-electron chi connectivity index (χ4n) is 2.29. The first kappa shape index (κ1) is 17.0. The summed E-state index contributed by atoms with van der Waals surface area (Å²) in [4.78, 5) is 35.0. The molecule has 2 unspecified atom stereocenters. The highest BCUT2D eigenvalue weighted by molar-refractivity contribution is 5.99. The summed E-state index contributed by atoms with van der Waals surface area (Å²) in [5, 5.41) is 8.32. The number of amides is 3. The summed E-state index contributed by atoms with van der Waals surface area (Å²) in [6.45, 7) is 6.13. The first-order chi connectivity index (χ1) is 10.9. The van der Waals surface area contributed by atoms with Crippen molar-refractivity contribution < 1.29 is 14.4 Å². The fourth-order valence-corrected chi connectivity index (χ4v) is 2.29. The van der Waals surface area contributed by atoms with Crippen molar-refractivity contribution in [3.63, 3.8) is 0 Å². The zero-order valence-corrected chi connectivity index (χ0v) is 13.7. The van der Waals surface area contributed by atoms with Gasteiger partial charge in [-0.25, -0.2) is 0 Å². The summed E-state index contributed by atoms with van der Waals surface area (Å²) in [5.74, 6) is -0.395. The third kappa shape index (κ3) is 5.09. The molecule has 0 bridgehead atoms. The number of anilines is 2. The lowest BCUT2D eigenvalue weighted by Crippen LogP contribution is -2.30. The zero-order valence-electron chi connectivity index (χ0n) is 13.7. The third-order valence-electron chi connectivity index (χ3n) is 3.62. The van der Waals surface area contributed by atoms with E-state index in [9.17, 15) is 14.4 Å². The number of nitrogens with one attached hydrogen (secondary N) is 3. The van der Waals surface area contributed by atoms with Gasteiger partial charge in [0.05, 0.1) is 11.8 Å². The van der Waals surface area contributed by atoms with Crippen LogP contribution in [0.1, 0.15) is 27.2 Å². The SMILES string of the molecule is CC(=O)Nc1ccc(NC(=O)C2CC2C(=O)NCC(C)C)cc1. The van der Waals surface area contributed by atoms with Gasteiger partial charge < -0.3 is 16.0 Å². The van der Waals surface area contributed by atoms with E-state index in [0.29, 0.717) is 30.3 Å². The molecule has 124 valence electrons. The molecule has 6 heteroatoms. The normalized spacial score (nSPS) is 19.1. The highest BCUT2D eigenvalue weighted by Crippen LogP contribution is 2.39. The van der Waals surface area contributed by atoms with E-state index in [-0.39, 0.29) is 29.6 Å². The second-order valence-corrected chi connectivity index (χ2v) is 6.34. The van der Waals surface area contributed by atoms with Gasteiger partial charge in [-0.05, 0) is 36.6 Å². The van der Waals surface area contributed by atoms with Crippen molar-refractivity contribution in [2.45, 2.75) is 27.2 Å². The monoisotopic (exact) mass is 317 g/mol. The Labute approximate surface area is 136 Å². The molecule has 0 saturated heterocycles. The van der Waals surface area contributed by atoms with Crippen LogP contribution in [0, 0.1) is 17.8 Å². The Morgan fingerprint density at radius 1 is 1.00 bits per heavy atom. The summed E-state index contributed by atoms with van der Waals surface area (Å²) in [6.07, 6.45) is 0.597. The van der Waals surface area contributed by atoms with Gasteiger partial charge in [-0.1, -0.05) is 13.8 Å². The topological polar surface area (TPSA) is 87.3 Å². The van der Waals surface area contributed by atoms with Crippen molar-refractivity contribution in [1.82, 2.24) is 5.32 Å². The molecule has 3 amide bonds. The molecule has 3 N–H and O–H groups in total. The number of rotatable bonds is 6. The van der Waals surface area contributed by atoms with E-state index < -0.39 is 0 Å². The standard InChI is InChI=1S/C17H23N3O3/c1-10(2)9-18-16(22)14-8-15(14)17(23)20-13-6-4-12(5-7-13)19-11(3)21/h4-7,10,14-15H,8-9H2,1-3H3,(H,18,22)(H,19,21)(H,20,23). The van der Waals surface area contributed by atoms with Crippen LogP contribution in [-0.2, 0) is 14.4 Å². The van der Waals surface area contributed by atoms with Crippen LogP contribution in [0.4, 0.5) is 11.4 Å². The van der Waals surface area contributed by atoms with Crippen LogP contribution in [0.15, 0.2) is 24.3 Å². The highest BCUT2D eigenvalue weighted by atomic mass is 16.2. The molecule has 0 aliphatic heterocycles. The van der Waals surface area contributed by atoms with Crippen LogP contribution in [0.25, 0.3) is 0 Å². The van der Waals surface area contributed by atoms with Gasteiger partial charge in [0.25, 0.3) is 0 Å². The average Bonchev–Trinajstić information content (AvgIpc) is 3.27. The predicted octanol–water partition coefficient (Wildman–Crippen LogP) is 1.99. The Bertz CT molecular complexity index is 596. The Morgan fingerprint density at radius 2 is 1.52 bits per heavy atom. The molecular weight excluding hydrogens is 294 g/mol. The van der Waals surface area contributed by atoms with Crippen LogP contribution >= 0.6 is 0 Å². The molecule has 1 fully saturated rings. The van der Waals surface area contributed by atoms with Crippen molar-refractivity contribution >= 4 is 29.1 Å². The van der Waals surface area contributed by atoms with E-state index in [1.54, 1.807) is 24.3 Å². The molecule has 0 aromatic heterocycles. The van der Waals surface area contributed by atoms with E-state index in [2.05, 4.69) is 16.0 Å².